The molecule has 1 rings (SSSR count). The van der Waals surface area contributed by atoms with E-state index in [2.05, 4.69) is 18.7 Å². The largest absolute Gasteiger partial charge is 0.496 e. The van der Waals surface area contributed by atoms with E-state index in [4.69, 9.17) is 4.74 Å². The lowest BCUT2D eigenvalue weighted by atomic mass is 10.1. The van der Waals surface area contributed by atoms with Gasteiger partial charge in [0, 0.05) is 17.7 Å². The second-order valence-corrected chi connectivity index (χ2v) is 5.57. The topological polar surface area (TPSA) is 29.5 Å². The van der Waals surface area contributed by atoms with Crippen LogP contribution in [0.3, 0.4) is 0 Å². The van der Waals surface area contributed by atoms with Crippen LogP contribution in [0.15, 0.2) is 18.2 Å². The number of unbranched alkanes of at least 4 members (excludes halogenated alkanes) is 2. The average Bonchev–Trinajstić information content (AvgIpc) is 2.49. The number of nitrogens with zero attached hydrogens (tertiary/aromatic N) is 1. The lowest BCUT2D eigenvalue weighted by molar-refractivity contribution is 0.101. The van der Waals surface area contributed by atoms with Crippen LogP contribution in [0.25, 0.3) is 0 Å². The van der Waals surface area contributed by atoms with Gasteiger partial charge in [0.15, 0.2) is 5.78 Å². The molecule has 0 heterocycles. The van der Waals surface area contributed by atoms with Crippen molar-refractivity contribution in [3.63, 3.8) is 0 Å². The first-order valence-electron chi connectivity index (χ1n) is 8.02. The van der Waals surface area contributed by atoms with E-state index in [0.29, 0.717) is 0 Å². The molecule has 0 fully saturated rings. The molecule has 1 aromatic rings. The Balaban J connectivity index is 2.88. The monoisotopic (exact) mass is 291 g/mol. The van der Waals surface area contributed by atoms with Crippen molar-refractivity contribution in [2.45, 2.75) is 53.0 Å². The Labute approximate surface area is 129 Å². The normalized spacial score (nSPS) is 10.9. The van der Waals surface area contributed by atoms with Crippen LogP contribution in [0, 0.1) is 0 Å². The van der Waals surface area contributed by atoms with Crippen LogP contribution >= 0.6 is 0 Å². The number of hydrogen-bond donors (Lipinski definition) is 0. The molecule has 1 aromatic carbocycles. The molecule has 0 saturated heterocycles. The molecule has 0 aromatic heterocycles. The number of ketones is 1. The van der Waals surface area contributed by atoms with Gasteiger partial charge in [0.25, 0.3) is 0 Å². The van der Waals surface area contributed by atoms with E-state index in [1.807, 2.05) is 18.2 Å². The van der Waals surface area contributed by atoms with E-state index in [0.717, 1.165) is 36.5 Å². The Morgan fingerprint density at radius 1 is 1.14 bits per heavy atom. The first-order valence-corrected chi connectivity index (χ1v) is 8.02. The number of methoxy groups -OCH3 is 1. The zero-order valence-electron chi connectivity index (χ0n) is 13.9. The van der Waals surface area contributed by atoms with Crippen molar-refractivity contribution >= 4 is 5.78 Å². The standard InChI is InChI=1S/C18H29NO2/c1-5-7-11-19(12-8-6-2)14-17-13-16(15(3)20)9-10-18(17)21-4/h9-10,13H,5-8,11-12,14H2,1-4H3. The fourth-order valence-electron chi connectivity index (χ4n) is 2.40. The third-order valence-corrected chi connectivity index (χ3v) is 3.74. The molecule has 21 heavy (non-hydrogen) atoms. The molecule has 0 aliphatic carbocycles. The minimum Gasteiger partial charge on any atom is -0.496 e. The maximum Gasteiger partial charge on any atom is 0.159 e. The summed E-state index contributed by atoms with van der Waals surface area (Å²) in [5, 5.41) is 0. The predicted octanol–water partition coefficient (Wildman–Crippen LogP) is 4.30. The Kier molecular flexibility index (Phi) is 8.06. The highest BCUT2D eigenvalue weighted by atomic mass is 16.5. The zero-order chi connectivity index (χ0) is 15.7. The molecule has 118 valence electrons. The third-order valence-electron chi connectivity index (χ3n) is 3.74. The van der Waals surface area contributed by atoms with Gasteiger partial charge >= 0.3 is 0 Å². The molecule has 0 unspecified atom stereocenters. The van der Waals surface area contributed by atoms with E-state index in [1.165, 1.54) is 25.7 Å². The lowest BCUT2D eigenvalue weighted by Crippen LogP contribution is -2.26. The Morgan fingerprint density at radius 2 is 1.76 bits per heavy atom. The van der Waals surface area contributed by atoms with Gasteiger partial charge < -0.3 is 4.74 Å². The lowest BCUT2D eigenvalue weighted by Gasteiger charge is -2.23. The molecule has 0 atom stereocenters. The van der Waals surface area contributed by atoms with Crippen molar-refractivity contribution in [3.8, 4) is 5.75 Å². The van der Waals surface area contributed by atoms with Crippen molar-refractivity contribution in [2.75, 3.05) is 20.2 Å². The van der Waals surface area contributed by atoms with Crippen LogP contribution in [0.2, 0.25) is 0 Å². The highest BCUT2D eigenvalue weighted by molar-refractivity contribution is 5.94. The molecule has 3 heteroatoms. The van der Waals surface area contributed by atoms with E-state index in [-0.39, 0.29) is 5.78 Å². The van der Waals surface area contributed by atoms with Gasteiger partial charge in [0.2, 0.25) is 0 Å². The molecule has 0 N–H and O–H groups in total. The summed E-state index contributed by atoms with van der Waals surface area (Å²) >= 11 is 0. The van der Waals surface area contributed by atoms with Gasteiger partial charge in [0.1, 0.15) is 5.75 Å². The first kappa shape index (κ1) is 17.7. The summed E-state index contributed by atoms with van der Waals surface area (Å²) in [4.78, 5) is 14.0. The summed E-state index contributed by atoms with van der Waals surface area (Å²) in [5.74, 6) is 0.977. The number of Topliss-reactive ketones (excluding diaryl/α,β-unsaturated/α-hetero) is 1. The maximum atomic E-state index is 11.6. The van der Waals surface area contributed by atoms with Crippen LogP contribution in [0.4, 0.5) is 0 Å². The number of benzene rings is 1. The molecular formula is C18H29NO2. The number of hydrogen-bond acceptors (Lipinski definition) is 3. The van der Waals surface area contributed by atoms with Gasteiger partial charge in [-0.05, 0) is 51.1 Å². The van der Waals surface area contributed by atoms with Gasteiger partial charge in [-0.2, -0.15) is 0 Å². The summed E-state index contributed by atoms with van der Waals surface area (Å²) in [6.45, 7) is 9.10. The molecule has 0 aliphatic rings. The zero-order valence-corrected chi connectivity index (χ0v) is 13.9. The van der Waals surface area contributed by atoms with Crippen LogP contribution in [-0.4, -0.2) is 30.9 Å². The van der Waals surface area contributed by atoms with Crippen LogP contribution < -0.4 is 4.74 Å². The maximum absolute atomic E-state index is 11.6. The van der Waals surface area contributed by atoms with Gasteiger partial charge in [0.05, 0.1) is 7.11 Å². The summed E-state index contributed by atoms with van der Waals surface area (Å²) in [6.07, 6.45) is 4.82. The van der Waals surface area contributed by atoms with E-state index < -0.39 is 0 Å². The summed E-state index contributed by atoms with van der Waals surface area (Å²) < 4.78 is 5.45. The SMILES string of the molecule is CCCCN(CCCC)Cc1cc(C(C)=O)ccc1OC. The highest BCUT2D eigenvalue weighted by Gasteiger charge is 2.11. The number of carbonyl (C=O) groups is 1. The van der Waals surface area contributed by atoms with Crippen LogP contribution in [0.5, 0.6) is 5.75 Å². The van der Waals surface area contributed by atoms with E-state index in [1.54, 1.807) is 14.0 Å². The smallest absolute Gasteiger partial charge is 0.159 e. The minimum atomic E-state index is 0.104. The molecule has 0 radical (unpaired) electrons. The molecule has 3 nitrogen and oxygen atoms in total. The second-order valence-electron chi connectivity index (χ2n) is 5.57. The van der Waals surface area contributed by atoms with Gasteiger partial charge in [-0.1, -0.05) is 26.7 Å². The number of ether oxygens (including phenoxy) is 1. The van der Waals surface area contributed by atoms with Crippen molar-refractivity contribution < 1.29 is 9.53 Å². The molecular weight excluding hydrogens is 262 g/mol. The van der Waals surface area contributed by atoms with Crippen LogP contribution in [-0.2, 0) is 6.54 Å². The summed E-state index contributed by atoms with van der Waals surface area (Å²) in [7, 11) is 1.69. The van der Waals surface area contributed by atoms with Crippen molar-refractivity contribution in [2.24, 2.45) is 0 Å². The molecule has 0 bridgehead atoms. The fraction of sp³-hybridized carbons (Fsp3) is 0.611. The van der Waals surface area contributed by atoms with Gasteiger partial charge in [-0.15, -0.1) is 0 Å². The Morgan fingerprint density at radius 3 is 2.24 bits per heavy atom. The van der Waals surface area contributed by atoms with Gasteiger partial charge in [-0.3, -0.25) is 9.69 Å². The second kappa shape index (κ2) is 9.56. The molecule has 0 saturated carbocycles. The predicted molar refractivity (Wildman–Crippen MR) is 88.1 cm³/mol. The number of carbonyl (C=O) groups excluding carboxylic acids is 1. The van der Waals surface area contributed by atoms with E-state index >= 15 is 0 Å². The minimum absolute atomic E-state index is 0.104. The van der Waals surface area contributed by atoms with Crippen molar-refractivity contribution in [1.82, 2.24) is 4.90 Å². The highest BCUT2D eigenvalue weighted by Crippen LogP contribution is 2.22. The van der Waals surface area contributed by atoms with Crippen molar-refractivity contribution in [3.05, 3.63) is 29.3 Å². The van der Waals surface area contributed by atoms with Gasteiger partial charge in [-0.25, -0.2) is 0 Å². The Hall–Kier alpha value is -1.35. The fourth-order valence-corrected chi connectivity index (χ4v) is 2.40. The molecule has 0 spiro atoms. The quantitative estimate of drug-likeness (QED) is 0.602. The summed E-state index contributed by atoms with van der Waals surface area (Å²) in [6, 6.07) is 5.73. The number of rotatable bonds is 10. The first-order chi connectivity index (χ1) is 10.1. The molecule has 0 amide bonds. The van der Waals surface area contributed by atoms with Crippen LogP contribution in [0.1, 0.15) is 62.4 Å². The Bertz CT molecular complexity index is 435. The average molecular weight is 291 g/mol. The molecule has 0 aliphatic heterocycles. The van der Waals surface area contributed by atoms with Crippen molar-refractivity contribution in [1.29, 1.82) is 0 Å². The third kappa shape index (κ3) is 5.88. The summed E-state index contributed by atoms with van der Waals surface area (Å²) in [5.41, 5.74) is 1.87. The van der Waals surface area contributed by atoms with E-state index in [9.17, 15) is 4.79 Å².